The minimum atomic E-state index is 0.0749. The van der Waals surface area contributed by atoms with E-state index >= 15 is 0 Å². The Hall–Kier alpha value is -2.42. The molecule has 1 aromatic carbocycles. The molecule has 1 aliphatic rings. The summed E-state index contributed by atoms with van der Waals surface area (Å²) in [5.74, 6) is 1.44. The molecule has 0 N–H and O–H groups in total. The van der Waals surface area contributed by atoms with Crippen LogP contribution in [0.25, 0.3) is 11.4 Å². The second-order valence-electron chi connectivity index (χ2n) is 5.44. The van der Waals surface area contributed by atoms with E-state index in [2.05, 4.69) is 21.5 Å². The van der Waals surface area contributed by atoms with Crippen LogP contribution in [0.4, 0.5) is 0 Å². The molecule has 0 bridgehead atoms. The first-order valence-electron chi connectivity index (χ1n) is 7.13. The van der Waals surface area contributed by atoms with Crippen molar-refractivity contribution in [2.45, 2.75) is 32.7 Å². The Labute approximate surface area is 123 Å². The maximum absolute atomic E-state index is 8.85. The largest absolute Gasteiger partial charge is 0.494 e. The average Bonchev–Trinajstić information content (AvgIpc) is 3.08. The van der Waals surface area contributed by atoms with E-state index in [9.17, 15) is 0 Å². The number of hydrogen-bond acceptors (Lipinski definition) is 5. The van der Waals surface area contributed by atoms with Crippen molar-refractivity contribution in [2.24, 2.45) is 5.41 Å². The lowest BCUT2D eigenvalue weighted by atomic mass is 10.0. The minimum Gasteiger partial charge on any atom is -0.494 e. The van der Waals surface area contributed by atoms with Crippen molar-refractivity contribution in [3.8, 4) is 23.2 Å². The molecule has 0 unspecified atom stereocenters. The van der Waals surface area contributed by atoms with Crippen molar-refractivity contribution in [3.63, 3.8) is 0 Å². The van der Waals surface area contributed by atoms with Crippen molar-refractivity contribution in [1.82, 2.24) is 20.2 Å². The molecule has 21 heavy (non-hydrogen) atoms. The minimum absolute atomic E-state index is 0.0749. The van der Waals surface area contributed by atoms with E-state index < -0.39 is 0 Å². The third-order valence-electron chi connectivity index (χ3n) is 3.76. The van der Waals surface area contributed by atoms with Gasteiger partial charge in [0.25, 0.3) is 0 Å². The Morgan fingerprint density at radius 3 is 2.71 bits per heavy atom. The second kappa shape index (κ2) is 5.52. The van der Waals surface area contributed by atoms with Crippen molar-refractivity contribution in [1.29, 1.82) is 5.26 Å². The summed E-state index contributed by atoms with van der Waals surface area (Å²) in [6, 6.07) is 9.90. The van der Waals surface area contributed by atoms with Gasteiger partial charge in [-0.1, -0.05) is 0 Å². The van der Waals surface area contributed by atoms with Crippen molar-refractivity contribution in [2.75, 3.05) is 6.61 Å². The molecule has 0 atom stereocenters. The fourth-order valence-electron chi connectivity index (χ4n) is 2.33. The van der Waals surface area contributed by atoms with Gasteiger partial charge in [0.15, 0.2) is 0 Å². The second-order valence-corrected chi connectivity index (χ2v) is 5.44. The van der Waals surface area contributed by atoms with E-state index in [1.54, 1.807) is 4.80 Å². The highest BCUT2D eigenvalue weighted by Gasteiger charge is 2.43. The summed E-state index contributed by atoms with van der Waals surface area (Å²) in [5.41, 5.74) is 0.987. The van der Waals surface area contributed by atoms with Gasteiger partial charge in [0.1, 0.15) is 5.75 Å². The van der Waals surface area contributed by atoms with Crippen LogP contribution in [0.1, 0.15) is 26.2 Å². The zero-order chi connectivity index (χ0) is 14.7. The molecule has 1 aliphatic carbocycles. The van der Waals surface area contributed by atoms with Crippen molar-refractivity contribution in [3.05, 3.63) is 24.3 Å². The van der Waals surface area contributed by atoms with E-state index in [1.165, 1.54) is 0 Å². The lowest BCUT2D eigenvalue weighted by molar-refractivity contribution is 0.340. The lowest BCUT2D eigenvalue weighted by Crippen LogP contribution is -2.13. The monoisotopic (exact) mass is 283 g/mol. The number of benzene rings is 1. The zero-order valence-corrected chi connectivity index (χ0v) is 12.0. The maximum Gasteiger partial charge on any atom is 0.204 e. The van der Waals surface area contributed by atoms with Gasteiger partial charge in [-0.3, -0.25) is 0 Å². The smallest absolute Gasteiger partial charge is 0.204 e. The van der Waals surface area contributed by atoms with Gasteiger partial charge in [-0.2, -0.15) is 10.1 Å². The Morgan fingerprint density at radius 2 is 2.10 bits per heavy atom. The summed E-state index contributed by atoms with van der Waals surface area (Å²) in [6.07, 6.45) is 2.70. The Bertz CT molecular complexity index is 651. The Balaban J connectivity index is 1.71. The summed E-state index contributed by atoms with van der Waals surface area (Å²) < 4.78 is 5.41. The molecule has 3 rings (SSSR count). The van der Waals surface area contributed by atoms with Crippen LogP contribution in [0, 0.1) is 16.7 Å². The van der Waals surface area contributed by atoms with Gasteiger partial charge in [0.05, 0.1) is 19.2 Å². The topological polar surface area (TPSA) is 76.6 Å². The third kappa shape index (κ3) is 3.02. The van der Waals surface area contributed by atoms with Crippen LogP contribution >= 0.6 is 0 Å². The van der Waals surface area contributed by atoms with Crippen LogP contribution < -0.4 is 4.74 Å². The van der Waals surface area contributed by atoms with E-state index in [4.69, 9.17) is 10.00 Å². The SMILES string of the molecule is CCOc1ccc(-c2nnn(CC3(CC#N)CC3)n2)cc1. The van der Waals surface area contributed by atoms with Gasteiger partial charge in [-0.25, -0.2) is 0 Å². The van der Waals surface area contributed by atoms with Gasteiger partial charge < -0.3 is 4.74 Å². The summed E-state index contributed by atoms with van der Waals surface area (Å²) in [6.45, 7) is 3.27. The van der Waals surface area contributed by atoms with Crippen LogP contribution in [0.15, 0.2) is 24.3 Å². The zero-order valence-electron chi connectivity index (χ0n) is 12.0. The van der Waals surface area contributed by atoms with Crippen LogP contribution in [-0.2, 0) is 6.54 Å². The van der Waals surface area contributed by atoms with Crippen molar-refractivity contribution >= 4 is 0 Å². The summed E-state index contributed by atoms with van der Waals surface area (Å²) in [5, 5.41) is 21.4. The average molecular weight is 283 g/mol. The molecule has 6 nitrogen and oxygen atoms in total. The van der Waals surface area contributed by atoms with E-state index in [0.717, 1.165) is 24.2 Å². The molecular formula is C15H17N5O. The first kappa shape index (κ1) is 13.6. The molecule has 2 aromatic rings. The predicted octanol–water partition coefficient (Wildman–Crippen LogP) is 2.43. The van der Waals surface area contributed by atoms with Gasteiger partial charge in [-0.15, -0.1) is 10.2 Å². The quantitative estimate of drug-likeness (QED) is 0.813. The summed E-state index contributed by atoms with van der Waals surface area (Å²) in [4.78, 5) is 1.61. The molecule has 108 valence electrons. The molecule has 6 heteroatoms. The Kier molecular flexibility index (Phi) is 3.57. The molecule has 0 aliphatic heterocycles. The number of rotatable bonds is 6. The normalized spacial score (nSPS) is 15.4. The number of hydrogen-bond donors (Lipinski definition) is 0. The van der Waals surface area contributed by atoms with Crippen LogP contribution in [0.2, 0.25) is 0 Å². The summed E-state index contributed by atoms with van der Waals surface area (Å²) in [7, 11) is 0. The molecule has 1 saturated carbocycles. The highest BCUT2D eigenvalue weighted by atomic mass is 16.5. The summed E-state index contributed by atoms with van der Waals surface area (Å²) >= 11 is 0. The Morgan fingerprint density at radius 1 is 1.33 bits per heavy atom. The lowest BCUT2D eigenvalue weighted by Gasteiger charge is -2.07. The van der Waals surface area contributed by atoms with Gasteiger partial charge in [0, 0.05) is 17.4 Å². The molecule has 1 aromatic heterocycles. The number of aromatic nitrogens is 4. The van der Waals surface area contributed by atoms with Crippen LogP contribution in [-0.4, -0.2) is 26.8 Å². The van der Waals surface area contributed by atoms with Gasteiger partial charge in [0.2, 0.25) is 5.82 Å². The van der Waals surface area contributed by atoms with E-state index in [1.807, 2.05) is 31.2 Å². The molecule has 0 saturated heterocycles. The fraction of sp³-hybridized carbons (Fsp3) is 0.467. The van der Waals surface area contributed by atoms with Crippen LogP contribution in [0.3, 0.4) is 0 Å². The molecule has 0 spiro atoms. The fourth-order valence-corrected chi connectivity index (χ4v) is 2.33. The van der Waals surface area contributed by atoms with Crippen LogP contribution in [0.5, 0.6) is 5.75 Å². The standard InChI is InChI=1S/C15H17N5O/c1-2-21-13-5-3-12(4-6-13)14-17-19-20(18-14)11-15(7-8-15)9-10-16/h3-6H,2,7-9,11H2,1H3. The molecular weight excluding hydrogens is 266 g/mol. The third-order valence-corrected chi connectivity index (χ3v) is 3.76. The van der Waals surface area contributed by atoms with E-state index in [-0.39, 0.29) is 5.41 Å². The molecule has 0 radical (unpaired) electrons. The molecule has 1 fully saturated rings. The number of nitrogens with zero attached hydrogens (tertiary/aromatic N) is 5. The van der Waals surface area contributed by atoms with Gasteiger partial charge >= 0.3 is 0 Å². The highest BCUT2D eigenvalue weighted by Crippen LogP contribution is 2.49. The number of tetrazole rings is 1. The van der Waals surface area contributed by atoms with E-state index in [0.29, 0.717) is 25.4 Å². The maximum atomic E-state index is 8.85. The number of nitriles is 1. The first-order valence-corrected chi connectivity index (χ1v) is 7.13. The molecule has 0 amide bonds. The molecule has 1 heterocycles. The van der Waals surface area contributed by atoms with Gasteiger partial charge in [-0.05, 0) is 49.2 Å². The predicted molar refractivity (Wildman–Crippen MR) is 76.3 cm³/mol. The van der Waals surface area contributed by atoms with Crippen molar-refractivity contribution < 1.29 is 4.74 Å². The highest BCUT2D eigenvalue weighted by molar-refractivity contribution is 5.55. The number of ether oxygens (including phenoxy) is 1. The first-order chi connectivity index (χ1) is 10.2.